The molecule has 0 fully saturated rings. The fourth-order valence-electron chi connectivity index (χ4n) is 3.54. The van der Waals surface area contributed by atoms with Crippen LogP contribution in [0.5, 0.6) is 0 Å². The molecule has 0 bridgehead atoms. The first-order valence-corrected chi connectivity index (χ1v) is 11.3. The molecule has 0 saturated carbocycles. The van der Waals surface area contributed by atoms with Gasteiger partial charge in [-0.05, 0) is 23.1 Å². The Hall–Kier alpha value is -4.04. The van der Waals surface area contributed by atoms with Crippen molar-refractivity contribution in [2.24, 2.45) is 11.0 Å². The van der Waals surface area contributed by atoms with Crippen molar-refractivity contribution in [2.45, 2.75) is 25.8 Å². The highest BCUT2D eigenvalue weighted by Gasteiger charge is 2.29. The number of carbonyl (C=O) groups excluding carboxylic acids is 2. The molecule has 8 nitrogen and oxygen atoms in total. The summed E-state index contributed by atoms with van der Waals surface area (Å²) in [5.74, 6) is -1.67. The van der Waals surface area contributed by atoms with E-state index in [1.54, 1.807) is 0 Å². The van der Waals surface area contributed by atoms with Crippen molar-refractivity contribution in [1.29, 1.82) is 0 Å². The quantitative estimate of drug-likeness (QED) is 0.256. The molecule has 2 amide bonds. The summed E-state index contributed by atoms with van der Waals surface area (Å²) in [7, 11) is 0. The molecule has 2 N–H and O–H groups in total. The third kappa shape index (κ3) is 6.74. The molecule has 3 rings (SSSR count). The minimum atomic E-state index is -0.866. The van der Waals surface area contributed by atoms with Crippen molar-refractivity contribution in [3.63, 3.8) is 0 Å². The van der Waals surface area contributed by atoms with E-state index in [-0.39, 0.29) is 28.1 Å². The maximum absolute atomic E-state index is 13.4. The molecule has 0 aliphatic rings. The molecule has 1 atom stereocenters. The molecule has 0 radical (unpaired) electrons. The van der Waals surface area contributed by atoms with Gasteiger partial charge in [-0.15, -0.1) is 0 Å². The van der Waals surface area contributed by atoms with Crippen LogP contribution in [0.3, 0.4) is 0 Å². The van der Waals surface area contributed by atoms with Gasteiger partial charge in [0, 0.05) is 22.7 Å². The van der Waals surface area contributed by atoms with Gasteiger partial charge in [-0.1, -0.05) is 86.1 Å². The zero-order valence-corrected chi connectivity index (χ0v) is 20.0. The van der Waals surface area contributed by atoms with Crippen LogP contribution in [-0.4, -0.2) is 29.0 Å². The van der Waals surface area contributed by atoms with E-state index < -0.39 is 22.8 Å². The highest BCUT2D eigenvalue weighted by atomic mass is 35.5. The fraction of sp³-hybridized carbons (Fsp3) is 0.192. The van der Waals surface area contributed by atoms with Crippen LogP contribution in [0.15, 0.2) is 84.0 Å². The summed E-state index contributed by atoms with van der Waals surface area (Å²) in [5.41, 5.74) is 4.13. The highest BCUT2D eigenvalue weighted by Crippen LogP contribution is 2.25. The van der Waals surface area contributed by atoms with Crippen LogP contribution < -0.4 is 10.7 Å². The molecule has 35 heavy (non-hydrogen) atoms. The van der Waals surface area contributed by atoms with E-state index in [4.69, 9.17) is 11.6 Å². The van der Waals surface area contributed by atoms with Crippen molar-refractivity contribution >= 4 is 35.3 Å². The third-order valence-electron chi connectivity index (χ3n) is 5.34. The van der Waals surface area contributed by atoms with Crippen LogP contribution in [0.2, 0.25) is 5.02 Å². The summed E-state index contributed by atoms with van der Waals surface area (Å²) in [6.45, 7) is 3.62. The molecule has 0 saturated heterocycles. The summed E-state index contributed by atoms with van der Waals surface area (Å²) >= 11 is 6.07. The number of amides is 2. The number of nitro groups is 1. The van der Waals surface area contributed by atoms with E-state index in [9.17, 15) is 19.7 Å². The Kier molecular flexibility index (Phi) is 8.69. The normalized spacial score (nSPS) is 12.0. The van der Waals surface area contributed by atoms with E-state index in [2.05, 4.69) is 15.8 Å². The molecule has 0 aliphatic carbocycles. The summed E-state index contributed by atoms with van der Waals surface area (Å²) in [6.07, 6.45) is 1.23. The number of benzene rings is 3. The van der Waals surface area contributed by atoms with E-state index >= 15 is 0 Å². The monoisotopic (exact) mass is 492 g/mol. The zero-order chi connectivity index (χ0) is 25.4. The number of rotatable bonds is 9. The van der Waals surface area contributed by atoms with E-state index in [0.717, 1.165) is 11.1 Å². The molecule has 0 unspecified atom stereocenters. The number of carbonyl (C=O) groups is 2. The number of halogens is 1. The van der Waals surface area contributed by atoms with Crippen molar-refractivity contribution in [1.82, 2.24) is 10.7 Å². The lowest BCUT2D eigenvalue weighted by atomic mass is 9.89. The van der Waals surface area contributed by atoms with Gasteiger partial charge in [-0.25, -0.2) is 5.43 Å². The molecular formula is C26H25ClN4O4. The molecule has 3 aromatic carbocycles. The van der Waals surface area contributed by atoms with Gasteiger partial charge in [0.25, 0.3) is 11.6 Å². The Balaban J connectivity index is 1.77. The Morgan fingerprint density at radius 2 is 1.51 bits per heavy atom. The highest BCUT2D eigenvalue weighted by molar-refractivity contribution is 6.33. The van der Waals surface area contributed by atoms with Gasteiger partial charge < -0.3 is 5.32 Å². The third-order valence-corrected chi connectivity index (χ3v) is 5.69. The minimum absolute atomic E-state index is 0.151. The summed E-state index contributed by atoms with van der Waals surface area (Å²) in [4.78, 5) is 36.7. The standard InChI is InChI=1S/C26H25ClN4O4/c1-17(2)24(26(33)30-28-16-20-15-21(31(34)35)13-14-22(20)27)29-25(32)23(18-9-5-3-6-10-18)19-11-7-4-8-12-19/h3-17,23-24H,1-2H3,(H,29,32)(H,30,33)/b28-16-/t24-/m0/s1. The molecule has 0 spiro atoms. The molecule has 0 aliphatic heterocycles. The van der Waals surface area contributed by atoms with Crippen LogP contribution >= 0.6 is 11.6 Å². The second kappa shape index (κ2) is 11.9. The minimum Gasteiger partial charge on any atom is -0.343 e. The lowest BCUT2D eigenvalue weighted by molar-refractivity contribution is -0.384. The SMILES string of the molecule is CC(C)[C@H](NC(=O)C(c1ccccc1)c1ccccc1)C(=O)N/N=C\c1cc([N+](=O)[O-])ccc1Cl. The summed E-state index contributed by atoms with van der Waals surface area (Å²) in [5, 5.41) is 18.0. The van der Waals surface area contributed by atoms with Crippen molar-refractivity contribution in [3.8, 4) is 0 Å². The Morgan fingerprint density at radius 3 is 2.03 bits per heavy atom. The Labute approximate surface area is 208 Å². The number of hydrogen-bond donors (Lipinski definition) is 2. The largest absolute Gasteiger partial charge is 0.343 e. The lowest BCUT2D eigenvalue weighted by Gasteiger charge is -2.24. The van der Waals surface area contributed by atoms with E-state index in [1.165, 1.54) is 24.4 Å². The molecule has 0 aromatic heterocycles. The topological polar surface area (TPSA) is 114 Å². The molecule has 3 aromatic rings. The van der Waals surface area contributed by atoms with Crippen LogP contribution in [0.25, 0.3) is 0 Å². The van der Waals surface area contributed by atoms with Crippen LogP contribution in [-0.2, 0) is 9.59 Å². The first kappa shape index (κ1) is 25.6. The molecule has 9 heteroatoms. The number of nitrogens with one attached hydrogen (secondary N) is 2. The van der Waals surface area contributed by atoms with E-state index in [0.29, 0.717) is 0 Å². The second-order valence-corrected chi connectivity index (χ2v) is 8.59. The van der Waals surface area contributed by atoms with Gasteiger partial charge in [0.2, 0.25) is 5.91 Å². The first-order valence-electron chi connectivity index (χ1n) is 10.9. The predicted octanol–water partition coefficient (Wildman–Crippen LogP) is 4.67. The van der Waals surface area contributed by atoms with Gasteiger partial charge in [0.15, 0.2) is 0 Å². The van der Waals surface area contributed by atoms with Crippen LogP contribution in [0, 0.1) is 16.0 Å². The average molecular weight is 493 g/mol. The van der Waals surface area contributed by atoms with Crippen LogP contribution in [0.1, 0.15) is 36.5 Å². The number of hydrogen-bond acceptors (Lipinski definition) is 5. The molecule has 0 heterocycles. The Bertz CT molecular complexity index is 1180. The number of hydrazone groups is 1. The van der Waals surface area contributed by atoms with Crippen molar-refractivity contribution < 1.29 is 14.5 Å². The zero-order valence-electron chi connectivity index (χ0n) is 19.2. The smallest absolute Gasteiger partial charge is 0.270 e. The summed E-state index contributed by atoms with van der Waals surface area (Å²) < 4.78 is 0. The van der Waals surface area contributed by atoms with Gasteiger partial charge in [-0.3, -0.25) is 19.7 Å². The Morgan fingerprint density at radius 1 is 0.943 bits per heavy atom. The number of non-ortho nitro benzene ring substituents is 1. The van der Waals surface area contributed by atoms with E-state index in [1.807, 2.05) is 74.5 Å². The number of nitrogens with zero attached hydrogens (tertiary/aromatic N) is 2. The first-order chi connectivity index (χ1) is 16.8. The van der Waals surface area contributed by atoms with Gasteiger partial charge in [0.1, 0.15) is 6.04 Å². The van der Waals surface area contributed by atoms with Gasteiger partial charge >= 0.3 is 0 Å². The van der Waals surface area contributed by atoms with Crippen molar-refractivity contribution in [2.75, 3.05) is 0 Å². The summed E-state index contributed by atoms with van der Waals surface area (Å²) in [6, 6.07) is 21.7. The maximum Gasteiger partial charge on any atom is 0.270 e. The number of nitro benzene ring substituents is 1. The molecule has 180 valence electrons. The second-order valence-electron chi connectivity index (χ2n) is 8.18. The van der Waals surface area contributed by atoms with Gasteiger partial charge in [-0.2, -0.15) is 5.10 Å². The van der Waals surface area contributed by atoms with Gasteiger partial charge in [0.05, 0.1) is 17.1 Å². The predicted molar refractivity (Wildman–Crippen MR) is 135 cm³/mol. The molecular weight excluding hydrogens is 468 g/mol. The lowest BCUT2D eigenvalue weighted by Crippen LogP contribution is -2.50. The fourth-order valence-corrected chi connectivity index (χ4v) is 3.70. The van der Waals surface area contributed by atoms with Crippen molar-refractivity contribution in [3.05, 3.63) is 111 Å². The average Bonchev–Trinajstić information content (AvgIpc) is 2.84. The maximum atomic E-state index is 13.4. The van der Waals surface area contributed by atoms with Crippen LogP contribution in [0.4, 0.5) is 5.69 Å².